The summed E-state index contributed by atoms with van der Waals surface area (Å²) in [5.74, 6) is -0.0718. The molecule has 5 heteroatoms. The summed E-state index contributed by atoms with van der Waals surface area (Å²) in [6, 6.07) is 9.97. The minimum atomic E-state index is -0.0718. The molecule has 2 aromatic rings. The normalized spacial score (nSPS) is 13.3. The van der Waals surface area contributed by atoms with Gasteiger partial charge in [-0.1, -0.05) is 28.1 Å². The molecule has 1 aromatic carbocycles. The predicted octanol–water partition coefficient (Wildman–Crippen LogP) is 4.44. The Labute approximate surface area is 142 Å². The molecule has 1 aliphatic carbocycles. The molecule has 1 N–H and O–H groups in total. The van der Waals surface area contributed by atoms with E-state index in [-0.39, 0.29) is 5.91 Å². The number of thiophene rings is 1. The van der Waals surface area contributed by atoms with Crippen molar-refractivity contribution in [2.75, 3.05) is 5.32 Å². The first-order chi connectivity index (χ1) is 10.7. The molecule has 0 radical (unpaired) electrons. The summed E-state index contributed by atoms with van der Waals surface area (Å²) in [5, 5.41) is 13.0. The molecule has 22 heavy (non-hydrogen) atoms. The lowest BCUT2D eigenvalue weighted by molar-refractivity contribution is -0.115. The minimum absolute atomic E-state index is 0.0718. The van der Waals surface area contributed by atoms with E-state index in [2.05, 4.69) is 27.3 Å². The molecule has 0 bridgehead atoms. The Balaban J connectivity index is 1.75. The second kappa shape index (κ2) is 6.64. The molecule has 1 aromatic heterocycles. The van der Waals surface area contributed by atoms with Crippen molar-refractivity contribution in [3.05, 3.63) is 50.3 Å². The number of anilines is 1. The number of rotatable bonds is 3. The second-order valence-electron chi connectivity index (χ2n) is 5.38. The smallest absolute Gasteiger partial charge is 0.229 e. The van der Waals surface area contributed by atoms with Gasteiger partial charge in [0.05, 0.1) is 12.0 Å². The average Bonchev–Trinajstić information content (AvgIpc) is 2.86. The zero-order chi connectivity index (χ0) is 15.5. The van der Waals surface area contributed by atoms with E-state index in [0.717, 1.165) is 39.9 Å². The highest BCUT2D eigenvalue weighted by molar-refractivity contribution is 9.10. The SMILES string of the molecule is N#Cc1c(NC(=O)Cc2ccc(Br)cc2)sc2c1CCCC2. The molecule has 3 nitrogen and oxygen atoms in total. The molecule has 0 unspecified atom stereocenters. The van der Waals surface area contributed by atoms with Crippen LogP contribution in [0.1, 0.15) is 34.4 Å². The summed E-state index contributed by atoms with van der Waals surface area (Å²) in [6.07, 6.45) is 4.60. The van der Waals surface area contributed by atoms with Crippen LogP contribution in [0.5, 0.6) is 0 Å². The number of hydrogen-bond acceptors (Lipinski definition) is 3. The van der Waals surface area contributed by atoms with Gasteiger partial charge in [0, 0.05) is 9.35 Å². The summed E-state index contributed by atoms with van der Waals surface area (Å²) in [5.41, 5.74) is 2.78. The zero-order valence-corrected chi connectivity index (χ0v) is 14.4. The van der Waals surface area contributed by atoms with Gasteiger partial charge in [-0.3, -0.25) is 4.79 Å². The number of fused-ring (bicyclic) bond motifs is 1. The maximum Gasteiger partial charge on any atom is 0.229 e. The first kappa shape index (κ1) is 15.3. The monoisotopic (exact) mass is 374 g/mol. The third kappa shape index (κ3) is 3.23. The first-order valence-electron chi connectivity index (χ1n) is 7.26. The van der Waals surface area contributed by atoms with Crippen LogP contribution in [-0.4, -0.2) is 5.91 Å². The van der Waals surface area contributed by atoms with Crippen molar-refractivity contribution in [2.45, 2.75) is 32.1 Å². The quantitative estimate of drug-likeness (QED) is 0.862. The summed E-state index contributed by atoms with van der Waals surface area (Å²) in [7, 11) is 0. The Hall–Kier alpha value is -1.64. The van der Waals surface area contributed by atoms with E-state index in [1.165, 1.54) is 11.3 Å². The van der Waals surface area contributed by atoms with Gasteiger partial charge in [-0.15, -0.1) is 11.3 Å². The number of aryl methyl sites for hydroxylation is 1. The predicted molar refractivity (Wildman–Crippen MR) is 92.2 cm³/mol. The fourth-order valence-corrected chi connectivity index (χ4v) is 4.25. The maximum absolute atomic E-state index is 12.2. The van der Waals surface area contributed by atoms with Gasteiger partial charge in [0.1, 0.15) is 11.1 Å². The van der Waals surface area contributed by atoms with Crippen molar-refractivity contribution in [1.82, 2.24) is 0 Å². The van der Waals surface area contributed by atoms with Crippen LogP contribution < -0.4 is 5.32 Å². The fourth-order valence-electron chi connectivity index (χ4n) is 2.73. The van der Waals surface area contributed by atoms with Crippen LogP contribution in [-0.2, 0) is 24.1 Å². The molecule has 1 amide bonds. The van der Waals surface area contributed by atoms with E-state index in [1.807, 2.05) is 24.3 Å². The highest BCUT2D eigenvalue weighted by Crippen LogP contribution is 2.37. The molecular formula is C17H15BrN2OS. The number of nitriles is 1. The minimum Gasteiger partial charge on any atom is -0.316 e. The molecule has 3 rings (SSSR count). The summed E-state index contributed by atoms with van der Waals surface area (Å²) >= 11 is 4.95. The summed E-state index contributed by atoms with van der Waals surface area (Å²) in [4.78, 5) is 13.5. The van der Waals surface area contributed by atoms with Gasteiger partial charge in [-0.05, 0) is 48.9 Å². The number of benzene rings is 1. The Morgan fingerprint density at radius 3 is 2.73 bits per heavy atom. The van der Waals surface area contributed by atoms with Gasteiger partial charge in [-0.25, -0.2) is 0 Å². The summed E-state index contributed by atoms with van der Waals surface area (Å²) < 4.78 is 0.995. The Kier molecular flexibility index (Phi) is 4.60. The molecule has 0 atom stereocenters. The molecule has 1 heterocycles. The highest BCUT2D eigenvalue weighted by Gasteiger charge is 2.21. The molecule has 112 valence electrons. The highest BCUT2D eigenvalue weighted by atomic mass is 79.9. The van der Waals surface area contributed by atoms with Crippen LogP contribution in [0.4, 0.5) is 5.00 Å². The Morgan fingerprint density at radius 2 is 2.00 bits per heavy atom. The van der Waals surface area contributed by atoms with Crippen molar-refractivity contribution in [1.29, 1.82) is 5.26 Å². The molecule has 0 saturated carbocycles. The van der Waals surface area contributed by atoms with Gasteiger partial charge >= 0.3 is 0 Å². The van der Waals surface area contributed by atoms with Crippen molar-refractivity contribution in [3.63, 3.8) is 0 Å². The van der Waals surface area contributed by atoms with Crippen molar-refractivity contribution in [3.8, 4) is 6.07 Å². The fraction of sp³-hybridized carbons (Fsp3) is 0.294. The third-order valence-electron chi connectivity index (χ3n) is 3.81. The van der Waals surface area contributed by atoms with E-state index in [0.29, 0.717) is 12.0 Å². The van der Waals surface area contributed by atoms with Crippen LogP contribution in [0.3, 0.4) is 0 Å². The Morgan fingerprint density at radius 1 is 1.27 bits per heavy atom. The van der Waals surface area contributed by atoms with E-state index in [1.54, 1.807) is 11.3 Å². The van der Waals surface area contributed by atoms with Gasteiger partial charge in [-0.2, -0.15) is 5.26 Å². The molecule has 0 spiro atoms. The largest absolute Gasteiger partial charge is 0.316 e. The lowest BCUT2D eigenvalue weighted by atomic mass is 9.96. The second-order valence-corrected chi connectivity index (χ2v) is 7.40. The lowest BCUT2D eigenvalue weighted by Crippen LogP contribution is -2.14. The van der Waals surface area contributed by atoms with E-state index in [9.17, 15) is 10.1 Å². The van der Waals surface area contributed by atoms with Crippen molar-refractivity contribution >= 4 is 38.2 Å². The van der Waals surface area contributed by atoms with Crippen LogP contribution in [0.15, 0.2) is 28.7 Å². The zero-order valence-electron chi connectivity index (χ0n) is 12.0. The van der Waals surface area contributed by atoms with Crippen LogP contribution in [0.2, 0.25) is 0 Å². The Bertz CT molecular complexity index is 743. The van der Waals surface area contributed by atoms with Gasteiger partial charge < -0.3 is 5.32 Å². The number of amides is 1. The number of nitrogens with zero attached hydrogens (tertiary/aromatic N) is 1. The molecular weight excluding hydrogens is 360 g/mol. The van der Waals surface area contributed by atoms with Crippen LogP contribution in [0.25, 0.3) is 0 Å². The lowest BCUT2D eigenvalue weighted by Gasteiger charge is -2.09. The molecule has 1 aliphatic rings. The van der Waals surface area contributed by atoms with Crippen LogP contribution in [0, 0.1) is 11.3 Å². The van der Waals surface area contributed by atoms with Gasteiger partial charge in [0.2, 0.25) is 5.91 Å². The number of hydrogen-bond donors (Lipinski definition) is 1. The first-order valence-corrected chi connectivity index (χ1v) is 8.87. The average molecular weight is 375 g/mol. The number of carbonyl (C=O) groups excluding carboxylic acids is 1. The van der Waals surface area contributed by atoms with Crippen molar-refractivity contribution in [2.24, 2.45) is 0 Å². The van der Waals surface area contributed by atoms with E-state index in [4.69, 9.17) is 0 Å². The molecule has 0 fully saturated rings. The summed E-state index contributed by atoms with van der Waals surface area (Å²) in [6.45, 7) is 0. The number of halogens is 1. The molecule has 0 saturated heterocycles. The standard InChI is InChI=1S/C17H15BrN2OS/c18-12-7-5-11(6-8-12)9-16(21)20-17-14(10-19)13-3-1-2-4-15(13)22-17/h5-8H,1-4,9H2,(H,20,21). The van der Waals surface area contributed by atoms with E-state index >= 15 is 0 Å². The number of nitrogens with one attached hydrogen (secondary N) is 1. The van der Waals surface area contributed by atoms with Crippen molar-refractivity contribution < 1.29 is 4.79 Å². The topological polar surface area (TPSA) is 52.9 Å². The van der Waals surface area contributed by atoms with Gasteiger partial charge in [0.15, 0.2) is 0 Å². The van der Waals surface area contributed by atoms with E-state index < -0.39 is 0 Å². The van der Waals surface area contributed by atoms with Gasteiger partial charge in [0.25, 0.3) is 0 Å². The maximum atomic E-state index is 12.2. The third-order valence-corrected chi connectivity index (χ3v) is 5.55. The number of carbonyl (C=O) groups is 1. The van der Waals surface area contributed by atoms with Crippen LogP contribution >= 0.6 is 27.3 Å². The molecule has 0 aliphatic heterocycles.